The molecule has 10 heteroatoms. The molecule has 0 bridgehead atoms. The Bertz CT molecular complexity index is 573. The number of nitrogens with zero attached hydrogens (tertiary/aromatic N) is 4. The molecule has 0 aliphatic carbocycles. The van der Waals surface area contributed by atoms with E-state index in [1.54, 1.807) is 6.26 Å². The van der Waals surface area contributed by atoms with Crippen molar-refractivity contribution in [2.24, 2.45) is 16.5 Å². The lowest BCUT2D eigenvalue weighted by molar-refractivity contribution is 0.567. The fourth-order valence-corrected chi connectivity index (χ4v) is 1.98. The molecule has 2 aromatic rings. The van der Waals surface area contributed by atoms with Crippen LogP contribution in [0.4, 0.5) is 17.7 Å². The molecule has 2 heterocycles. The van der Waals surface area contributed by atoms with Crippen molar-refractivity contribution in [3.63, 3.8) is 0 Å². The monoisotopic (exact) mass is 296 g/mol. The lowest BCUT2D eigenvalue weighted by Crippen LogP contribution is -2.21. The first kappa shape index (κ1) is 14.1. The molecule has 108 valence electrons. The van der Waals surface area contributed by atoms with Gasteiger partial charge in [0.15, 0.2) is 17.6 Å². The van der Waals surface area contributed by atoms with Gasteiger partial charge in [-0.3, -0.25) is 0 Å². The maximum Gasteiger partial charge on any atom is 0.325 e. The molecule has 0 atom stereocenters. The molecule has 0 radical (unpaired) electrons. The second-order valence-corrected chi connectivity index (χ2v) is 4.57. The van der Waals surface area contributed by atoms with Crippen LogP contribution in [0.2, 0.25) is 0 Å². The highest BCUT2D eigenvalue weighted by Gasteiger charge is 2.04. The van der Waals surface area contributed by atoms with Gasteiger partial charge < -0.3 is 26.9 Å². The van der Waals surface area contributed by atoms with E-state index in [1.807, 2.05) is 0 Å². The molecule has 0 unspecified atom stereocenters. The van der Waals surface area contributed by atoms with Crippen LogP contribution in [0.15, 0.2) is 15.7 Å². The van der Waals surface area contributed by atoms with Crippen molar-refractivity contribution in [3.05, 3.63) is 12.0 Å². The van der Waals surface area contributed by atoms with E-state index >= 15 is 0 Å². The van der Waals surface area contributed by atoms with E-state index in [4.69, 9.17) is 21.6 Å². The lowest BCUT2D eigenvalue weighted by Gasteiger charge is -2.02. The third kappa shape index (κ3) is 4.09. The number of hydrogen-bond donors (Lipinski definition) is 4. The molecule has 0 aliphatic rings. The van der Waals surface area contributed by atoms with E-state index in [1.165, 1.54) is 0 Å². The third-order valence-corrected chi connectivity index (χ3v) is 2.97. The summed E-state index contributed by atoms with van der Waals surface area (Å²) in [4.78, 5) is 7.86. The minimum atomic E-state index is -0.0722. The number of aromatic nitrogens is 3. The summed E-state index contributed by atoms with van der Waals surface area (Å²) < 4.78 is 13.0. The Morgan fingerprint density at radius 2 is 2.20 bits per heavy atom. The molecule has 9 nitrogen and oxygen atoms in total. The van der Waals surface area contributed by atoms with Gasteiger partial charge in [0.05, 0.1) is 17.4 Å². The highest BCUT2D eigenvalue weighted by molar-refractivity contribution is 6.99. The molecule has 2 rings (SSSR count). The van der Waals surface area contributed by atoms with Gasteiger partial charge in [0.1, 0.15) is 6.26 Å². The summed E-state index contributed by atoms with van der Waals surface area (Å²) in [6.07, 6.45) is 4.23. The summed E-state index contributed by atoms with van der Waals surface area (Å²) in [5.74, 6) is 1.01. The average Bonchev–Trinajstić information content (AvgIpc) is 2.98. The predicted octanol–water partition coefficient (Wildman–Crippen LogP) is 0.448. The van der Waals surface area contributed by atoms with Crippen LogP contribution in [0.5, 0.6) is 0 Å². The first-order valence-corrected chi connectivity index (χ1v) is 6.74. The number of nitrogen functional groups attached to an aromatic ring is 1. The van der Waals surface area contributed by atoms with Crippen LogP contribution in [-0.4, -0.2) is 26.2 Å². The second-order valence-electron chi connectivity index (χ2n) is 4.04. The van der Waals surface area contributed by atoms with E-state index in [0.29, 0.717) is 11.6 Å². The Morgan fingerprint density at radius 3 is 2.90 bits per heavy atom. The topological polar surface area (TPSA) is 154 Å². The van der Waals surface area contributed by atoms with Crippen LogP contribution >= 0.6 is 11.7 Å². The lowest BCUT2D eigenvalue weighted by atomic mass is 10.2. The standard InChI is InChI=1S/C10H16N8OS/c11-7-8(18-20-17-7)14-4-2-1-3-6-5-19-10(15-6)16-9(12)13/h5H,1-4H2,(H2,11,17)(H,14,18)(H4,12,13,15,16). The number of aliphatic imine (C=N–C) groups is 1. The molecular weight excluding hydrogens is 280 g/mol. The van der Waals surface area contributed by atoms with Crippen LogP contribution < -0.4 is 22.5 Å². The largest absolute Gasteiger partial charge is 0.430 e. The number of nitrogens with two attached hydrogens (primary N) is 3. The fraction of sp³-hybridized carbons (Fsp3) is 0.400. The normalized spacial score (nSPS) is 10.4. The second kappa shape index (κ2) is 6.70. The molecule has 2 aromatic heterocycles. The predicted molar refractivity (Wildman–Crippen MR) is 77.7 cm³/mol. The van der Waals surface area contributed by atoms with Crippen LogP contribution in [-0.2, 0) is 6.42 Å². The number of oxazole rings is 1. The molecule has 0 spiro atoms. The zero-order valence-corrected chi connectivity index (χ0v) is 11.6. The minimum Gasteiger partial charge on any atom is -0.430 e. The first-order chi connectivity index (χ1) is 9.65. The maximum atomic E-state index is 5.61. The molecular formula is C10H16N8OS. The van der Waals surface area contributed by atoms with Crippen molar-refractivity contribution < 1.29 is 4.42 Å². The number of hydrogen-bond acceptors (Lipinski definition) is 8. The Balaban J connectivity index is 1.67. The summed E-state index contributed by atoms with van der Waals surface area (Å²) in [7, 11) is 0. The van der Waals surface area contributed by atoms with E-state index < -0.39 is 0 Å². The van der Waals surface area contributed by atoms with E-state index in [9.17, 15) is 0 Å². The number of guanidine groups is 1. The maximum absolute atomic E-state index is 5.61. The molecule has 20 heavy (non-hydrogen) atoms. The smallest absolute Gasteiger partial charge is 0.325 e. The summed E-state index contributed by atoms with van der Waals surface area (Å²) in [5.41, 5.74) is 16.9. The minimum absolute atomic E-state index is 0.0722. The zero-order valence-electron chi connectivity index (χ0n) is 10.7. The number of rotatable bonds is 7. The summed E-state index contributed by atoms with van der Waals surface area (Å²) in [5, 5.41) is 3.12. The Kier molecular flexibility index (Phi) is 4.71. The van der Waals surface area contributed by atoms with E-state index in [2.05, 4.69) is 24.0 Å². The van der Waals surface area contributed by atoms with Gasteiger partial charge in [-0.05, 0) is 19.3 Å². The van der Waals surface area contributed by atoms with Gasteiger partial charge in [-0.2, -0.15) is 18.7 Å². The van der Waals surface area contributed by atoms with Crippen molar-refractivity contribution in [1.82, 2.24) is 13.7 Å². The first-order valence-electron chi connectivity index (χ1n) is 6.01. The summed E-state index contributed by atoms with van der Waals surface area (Å²) >= 11 is 1.09. The van der Waals surface area contributed by atoms with Crippen LogP contribution in [0, 0.1) is 0 Å². The number of unbranched alkanes of at least 4 members (excludes halogenated alkanes) is 1. The van der Waals surface area contributed by atoms with Crippen molar-refractivity contribution in [2.75, 3.05) is 17.6 Å². The molecule has 0 aliphatic heterocycles. The van der Waals surface area contributed by atoms with Gasteiger partial charge in [-0.25, -0.2) is 0 Å². The van der Waals surface area contributed by atoms with Crippen molar-refractivity contribution in [1.29, 1.82) is 0 Å². The van der Waals surface area contributed by atoms with Crippen LogP contribution in [0.1, 0.15) is 18.5 Å². The van der Waals surface area contributed by atoms with Gasteiger partial charge in [0.25, 0.3) is 0 Å². The molecule has 7 N–H and O–H groups in total. The summed E-state index contributed by atoms with van der Waals surface area (Å²) in [6.45, 7) is 0.772. The Morgan fingerprint density at radius 1 is 1.35 bits per heavy atom. The quantitative estimate of drug-likeness (QED) is 0.326. The van der Waals surface area contributed by atoms with Crippen molar-refractivity contribution >= 4 is 35.3 Å². The van der Waals surface area contributed by atoms with Gasteiger partial charge in [-0.1, -0.05) is 0 Å². The number of aryl methyl sites for hydroxylation is 1. The molecule has 0 fully saturated rings. The zero-order chi connectivity index (χ0) is 14.4. The highest BCUT2D eigenvalue weighted by Crippen LogP contribution is 2.15. The average molecular weight is 296 g/mol. The SMILES string of the molecule is NC(N)=Nc1nc(CCCCNc2nsnc2N)co1. The Labute approximate surface area is 119 Å². The third-order valence-electron chi connectivity index (χ3n) is 2.43. The van der Waals surface area contributed by atoms with E-state index in [-0.39, 0.29) is 12.0 Å². The van der Waals surface area contributed by atoms with Gasteiger partial charge in [0.2, 0.25) is 0 Å². The van der Waals surface area contributed by atoms with Crippen molar-refractivity contribution in [3.8, 4) is 0 Å². The summed E-state index contributed by atoms with van der Waals surface area (Å²) in [6, 6.07) is 0.180. The number of nitrogens with one attached hydrogen (secondary N) is 1. The molecule has 0 saturated carbocycles. The Hall–Kier alpha value is -2.36. The molecule has 0 aromatic carbocycles. The fourth-order valence-electron chi connectivity index (χ4n) is 1.53. The van der Waals surface area contributed by atoms with Gasteiger partial charge in [0, 0.05) is 6.54 Å². The molecule has 0 saturated heterocycles. The number of anilines is 2. The highest BCUT2D eigenvalue weighted by atomic mass is 32.1. The van der Waals surface area contributed by atoms with Crippen LogP contribution in [0.25, 0.3) is 0 Å². The van der Waals surface area contributed by atoms with Crippen molar-refractivity contribution in [2.45, 2.75) is 19.3 Å². The molecule has 0 amide bonds. The van der Waals surface area contributed by atoms with Gasteiger partial charge >= 0.3 is 6.01 Å². The van der Waals surface area contributed by atoms with Crippen LogP contribution in [0.3, 0.4) is 0 Å². The van der Waals surface area contributed by atoms with E-state index in [0.717, 1.165) is 43.2 Å². The van der Waals surface area contributed by atoms with Gasteiger partial charge in [-0.15, -0.1) is 0 Å².